The van der Waals surface area contributed by atoms with Gasteiger partial charge in [-0.2, -0.15) is 0 Å². The summed E-state index contributed by atoms with van der Waals surface area (Å²) in [6.45, 7) is 4.38. The number of carbonyl (C=O) groups excluding carboxylic acids is 2. The van der Waals surface area contributed by atoms with E-state index in [0.29, 0.717) is 36.8 Å². The fourth-order valence-electron chi connectivity index (χ4n) is 7.25. The maximum Gasteiger partial charge on any atom is 0.220 e. The molecular weight excluding hydrogens is 348 g/mol. The molecule has 2 amide bonds. The van der Waals surface area contributed by atoms with Crippen LogP contribution in [-0.2, 0) is 9.59 Å². The van der Waals surface area contributed by atoms with E-state index in [-0.39, 0.29) is 11.8 Å². The molecule has 4 nitrogen and oxygen atoms in total. The Kier molecular flexibility index (Phi) is 6.32. The van der Waals surface area contributed by atoms with E-state index in [9.17, 15) is 9.59 Å². The molecule has 4 fully saturated rings. The minimum absolute atomic E-state index is 0.172. The van der Waals surface area contributed by atoms with Crippen molar-refractivity contribution in [1.82, 2.24) is 10.6 Å². The summed E-state index contributed by atoms with van der Waals surface area (Å²) < 4.78 is 0. The molecule has 0 spiro atoms. The van der Waals surface area contributed by atoms with Crippen LogP contribution >= 0.6 is 0 Å². The average molecular weight is 389 g/mol. The van der Waals surface area contributed by atoms with Crippen molar-refractivity contribution in [3.05, 3.63) is 0 Å². The summed E-state index contributed by atoms with van der Waals surface area (Å²) in [5, 5.41) is 6.48. The Hall–Kier alpha value is -1.06. The molecule has 0 aromatic heterocycles. The Morgan fingerprint density at radius 1 is 0.714 bits per heavy atom. The van der Waals surface area contributed by atoms with Gasteiger partial charge in [0.05, 0.1) is 0 Å². The van der Waals surface area contributed by atoms with Crippen LogP contribution in [0.4, 0.5) is 0 Å². The van der Waals surface area contributed by atoms with Crippen molar-refractivity contribution < 1.29 is 9.59 Å². The summed E-state index contributed by atoms with van der Waals surface area (Å²) in [5.74, 6) is 5.28. The van der Waals surface area contributed by atoms with Crippen molar-refractivity contribution in [3.8, 4) is 0 Å². The van der Waals surface area contributed by atoms with Crippen LogP contribution in [0.5, 0.6) is 0 Å². The predicted molar refractivity (Wildman–Crippen MR) is 112 cm³/mol. The van der Waals surface area contributed by atoms with Gasteiger partial charge in [-0.3, -0.25) is 9.59 Å². The smallest absolute Gasteiger partial charge is 0.220 e. The lowest BCUT2D eigenvalue weighted by molar-refractivity contribution is -0.124. The van der Waals surface area contributed by atoms with Gasteiger partial charge >= 0.3 is 0 Å². The molecule has 4 saturated carbocycles. The zero-order valence-electron chi connectivity index (χ0n) is 17.9. The van der Waals surface area contributed by atoms with Crippen molar-refractivity contribution >= 4 is 11.8 Å². The molecule has 0 aromatic rings. The fourth-order valence-corrected chi connectivity index (χ4v) is 7.25. The van der Waals surface area contributed by atoms with E-state index in [1.54, 1.807) is 0 Å². The molecule has 0 heterocycles. The van der Waals surface area contributed by atoms with Crippen LogP contribution in [0.25, 0.3) is 0 Å². The minimum Gasteiger partial charge on any atom is -0.353 e. The Balaban J connectivity index is 1.07. The first-order chi connectivity index (χ1) is 13.5. The van der Waals surface area contributed by atoms with Gasteiger partial charge in [0.25, 0.3) is 0 Å². The van der Waals surface area contributed by atoms with E-state index in [4.69, 9.17) is 0 Å². The van der Waals surface area contributed by atoms with Crippen LogP contribution in [0.2, 0.25) is 0 Å². The van der Waals surface area contributed by atoms with E-state index in [1.165, 1.54) is 51.4 Å². The maximum atomic E-state index is 12.3. The van der Waals surface area contributed by atoms with Gasteiger partial charge in [0.1, 0.15) is 0 Å². The van der Waals surface area contributed by atoms with Crippen LogP contribution in [-0.4, -0.2) is 23.9 Å². The Labute approximate surface area is 171 Å². The topological polar surface area (TPSA) is 58.2 Å². The van der Waals surface area contributed by atoms with Crippen LogP contribution in [0.15, 0.2) is 0 Å². The first-order valence-electron chi connectivity index (χ1n) is 12.1. The second-order valence-corrected chi connectivity index (χ2v) is 10.6. The Bertz CT molecular complexity index is 527. The van der Waals surface area contributed by atoms with Gasteiger partial charge in [-0.25, -0.2) is 0 Å². The highest BCUT2D eigenvalue weighted by atomic mass is 16.2. The van der Waals surface area contributed by atoms with Gasteiger partial charge in [0, 0.05) is 24.9 Å². The zero-order valence-corrected chi connectivity index (χ0v) is 17.9. The van der Waals surface area contributed by atoms with Crippen molar-refractivity contribution in [2.75, 3.05) is 0 Å². The maximum absolute atomic E-state index is 12.3. The van der Waals surface area contributed by atoms with Gasteiger partial charge in [0.15, 0.2) is 0 Å². The van der Waals surface area contributed by atoms with Crippen LogP contribution in [0, 0.1) is 35.5 Å². The highest BCUT2D eigenvalue weighted by Gasteiger charge is 2.43. The lowest BCUT2D eigenvalue weighted by Crippen LogP contribution is -2.40. The monoisotopic (exact) mass is 388 g/mol. The molecule has 8 unspecified atom stereocenters. The third-order valence-corrected chi connectivity index (χ3v) is 8.71. The van der Waals surface area contributed by atoms with E-state index in [0.717, 1.165) is 36.5 Å². The first kappa shape index (κ1) is 20.2. The average Bonchev–Trinajstić information content (AvgIpc) is 3.46. The summed E-state index contributed by atoms with van der Waals surface area (Å²) in [5.41, 5.74) is 0. The van der Waals surface area contributed by atoms with Crippen molar-refractivity contribution in [1.29, 1.82) is 0 Å². The number of unbranched alkanes of at least 4 members (excludes halogenated alkanes) is 1. The minimum atomic E-state index is 0.172. The number of carbonyl (C=O) groups is 2. The first-order valence-corrected chi connectivity index (χ1v) is 12.1. The quantitative estimate of drug-likeness (QED) is 0.574. The van der Waals surface area contributed by atoms with Gasteiger partial charge in [-0.05, 0) is 101 Å². The lowest BCUT2D eigenvalue weighted by atomic mass is 9.84. The Morgan fingerprint density at radius 2 is 1.14 bits per heavy atom. The number of rotatable bonds is 9. The zero-order chi connectivity index (χ0) is 19.7. The Morgan fingerprint density at radius 3 is 1.46 bits per heavy atom. The predicted octanol–water partition coefficient (Wildman–Crippen LogP) is 4.43. The van der Waals surface area contributed by atoms with Crippen LogP contribution in [0.3, 0.4) is 0 Å². The second kappa shape index (κ2) is 8.75. The summed E-state index contributed by atoms with van der Waals surface area (Å²) >= 11 is 0. The molecule has 2 N–H and O–H groups in total. The number of nitrogens with one attached hydrogen (secondary N) is 2. The molecule has 0 aromatic carbocycles. The largest absolute Gasteiger partial charge is 0.353 e. The molecule has 4 aliphatic carbocycles. The highest BCUT2D eigenvalue weighted by molar-refractivity contribution is 5.77. The van der Waals surface area contributed by atoms with Crippen molar-refractivity contribution in [3.63, 3.8) is 0 Å². The molecule has 0 radical (unpaired) electrons. The molecule has 0 aliphatic heterocycles. The molecule has 158 valence electrons. The summed E-state index contributed by atoms with van der Waals surface area (Å²) in [4.78, 5) is 24.5. The number of fused-ring (bicyclic) bond motifs is 4. The van der Waals surface area contributed by atoms with E-state index < -0.39 is 0 Å². The molecule has 4 bridgehead atoms. The molecule has 8 atom stereocenters. The number of amides is 2. The summed E-state index contributed by atoms with van der Waals surface area (Å²) in [6, 6.07) is 0.627. The third kappa shape index (κ3) is 4.57. The fraction of sp³-hybridized carbons (Fsp3) is 0.917. The molecule has 4 rings (SSSR count). The highest BCUT2D eigenvalue weighted by Crippen LogP contribution is 2.50. The van der Waals surface area contributed by atoms with Gasteiger partial charge in [-0.15, -0.1) is 0 Å². The SMILES string of the molecule is CC(NC(=O)CCCCC(=O)NC(C)C1CC2CCC1C2)C1CC2CCC1C2. The second-order valence-electron chi connectivity index (χ2n) is 10.6. The standard InChI is InChI=1S/C24H40N2O2/c1-15(21-13-17-7-9-19(21)11-17)25-23(27)5-3-4-6-24(28)26-16(2)22-14-18-8-10-20(22)12-18/h15-22H,3-14H2,1-2H3,(H,25,27)(H,26,28). The number of hydrogen-bond donors (Lipinski definition) is 2. The van der Waals surface area contributed by atoms with Gasteiger partial charge in [0.2, 0.25) is 11.8 Å². The van der Waals surface area contributed by atoms with Crippen molar-refractivity contribution in [2.24, 2.45) is 35.5 Å². The van der Waals surface area contributed by atoms with E-state index in [2.05, 4.69) is 24.5 Å². The van der Waals surface area contributed by atoms with Crippen molar-refractivity contribution in [2.45, 2.75) is 103 Å². The van der Waals surface area contributed by atoms with Crippen LogP contribution < -0.4 is 10.6 Å². The molecule has 28 heavy (non-hydrogen) atoms. The molecule has 0 saturated heterocycles. The normalized spacial score (nSPS) is 37.8. The molecular formula is C24H40N2O2. The summed E-state index contributed by atoms with van der Waals surface area (Å²) in [6.07, 6.45) is 13.7. The van der Waals surface area contributed by atoms with Gasteiger partial charge < -0.3 is 10.6 Å². The van der Waals surface area contributed by atoms with E-state index >= 15 is 0 Å². The van der Waals surface area contributed by atoms with Gasteiger partial charge in [-0.1, -0.05) is 12.8 Å². The molecule has 4 heteroatoms. The third-order valence-electron chi connectivity index (χ3n) is 8.71. The summed E-state index contributed by atoms with van der Waals surface area (Å²) in [7, 11) is 0. The van der Waals surface area contributed by atoms with E-state index in [1.807, 2.05) is 0 Å². The lowest BCUT2D eigenvalue weighted by Gasteiger charge is -2.28. The molecule has 4 aliphatic rings. The van der Waals surface area contributed by atoms with Crippen LogP contribution in [0.1, 0.15) is 90.9 Å². The number of hydrogen-bond acceptors (Lipinski definition) is 2.